The second kappa shape index (κ2) is 8.89. The van der Waals surface area contributed by atoms with Gasteiger partial charge in [-0.3, -0.25) is 0 Å². The molecule has 0 aromatic heterocycles. The van der Waals surface area contributed by atoms with Gasteiger partial charge >= 0.3 is 0 Å². The molecule has 1 aromatic carbocycles. The van der Waals surface area contributed by atoms with E-state index >= 15 is 0 Å². The Morgan fingerprint density at radius 3 is 2.30 bits per heavy atom. The van der Waals surface area contributed by atoms with Crippen LogP contribution in [0.5, 0.6) is 5.75 Å². The molecule has 0 amide bonds. The van der Waals surface area contributed by atoms with Crippen LogP contribution in [0, 0.1) is 0 Å². The quantitative estimate of drug-likeness (QED) is 0.701. The number of hydrogen-bond acceptors (Lipinski definition) is 4. The predicted molar refractivity (Wildman–Crippen MR) is 88.5 cm³/mol. The van der Waals surface area contributed by atoms with Gasteiger partial charge in [-0.1, -0.05) is 12.2 Å². The van der Waals surface area contributed by atoms with E-state index in [9.17, 15) is 0 Å². The van der Waals surface area contributed by atoms with E-state index in [0.29, 0.717) is 11.6 Å². The maximum atomic E-state index is 5.70. The van der Waals surface area contributed by atoms with Crippen LogP contribution in [0.15, 0.2) is 24.3 Å². The molecule has 0 unspecified atom stereocenters. The third-order valence-electron chi connectivity index (χ3n) is 3.03. The van der Waals surface area contributed by atoms with Crippen molar-refractivity contribution in [3.8, 4) is 5.75 Å². The van der Waals surface area contributed by atoms with Crippen molar-refractivity contribution in [3.63, 3.8) is 0 Å². The average molecular weight is 295 g/mol. The SMILES string of the molecule is CN(C)CCCN(C)CCOc1ccc(C(N)=S)cc1. The first kappa shape index (κ1) is 16.9. The summed E-state index contributed by atoms with van der Waals surface area (Å²) < 4.78 is 5.70. The Labute approximate surface area is 127 Å². The fraction of sp³-hybridized carbons (Fsp3) is 0.533. The standard InChI is InChI=1S/C15H25N3OS/c1-17(2)9-4-10-18(3)11-12-19-14-7-5-13(6-8-14)15(16)20/h5-8H,4,9-12H2,1-3H3,(H2,16,20). The van der Waals surface area contributed by atoms with Gasteiger partial charge < -0.3 is 20.3 Å². The number of thiocarbonyl (C=S) groups is 1. The number of hydrogen-bond donors (Lipinski definition) is 1. The molecule has 0 saturated heterocycles. The highest BCUT2D eigenvalue weighted by atomic mass is 32.1. The molecule has 0 aliphatic rings. The minimum absolute atomic E-state index is 0.414. The zero-order valence-electron chi connectivity index (χ0n) is 12.6. The minimum Gasteiger partial charge on any atom is -0.492 e. The van der Waals surface area contributed by atoms with Crippen molar-refractivity contribution in [2.24, 2.45) is 5.73 Å². The number of benzene rings is 1. The Hall–Kier alpha value is -1.17. The molecule has 0 fully saturated rings. The van der Waals surface area contributed by atoms with E-state index in [-0.39, 0.29) is 0 Å². The van der Waals surface area contributed by atoms with Gasteiger partial charge in [0.25, 0.3) is 0 Å². The lowest BCUT2D eigenvalue weighted by molar-refractivity contribution is 0.229. The zero-order valence-corrected chi connectivity index (χ0v) is 13.4. The number of ether oxygens (including phenoxy) is 1. The third-order valence-corrected chi connectivity index (χ3v) is 3.26. The molecule has 0 heterocycles. The molecule has 0 radical (unpaired) electrons. The topological polar surface area (TPSA) is 41.7 Å². The largest absolute Gasteiger partial charge is 0.492 e. The number of likely N-dealkylation sites (N-methyl/N-ethyl adjacent to an activating group) is 1. The van der Waals surface area contributed by atoms with Crippen LogP contribution in [0.4, 0.5) is 0 Å². The minimum atomic E-state index is 0.414. The number of nitrogens with zero attached hydrogens (tertiary/aromatic N) is 2. The van der Waals surface area contributed by atoms with E-state index in [1.54, 1.807) is 0 Å². The van der Waals surface area contributed by atoms with Crippen molar-refractivity contribution < 1.29 is 4.74 Å². The smallest absolute Gasteiger partial charge is 0.119 e. The van der Waals surface area contributed by atoms with Gasteiger partial charge in [0.1, 0.15) is 17.3 Å². The van der Waals surface area contributed by atoms with Crippen LogP contribution >= 0.6 is 12.2 Å². The highest BCUT2D eigenvalue weighted by molar-refractivity contribution is 7.80. The van der Waals surface area contributed by atoms with Crippen molar-refractivity contribution >= 4 is 17.2 Å². The fourth-order valence-corrected chi connectivity index (χ4v) is 1.94. The molecular formula is C15H25N3OS. The molecule has 1 aromatic rings. The van der Waals surface area contributed by atoms with Crippen molar-refractivity contribution in [1.29, 1.82) is 0 Å². The first-order valence-corrected chi connectivity index (χ1v) is 7.26. The second-order valence-corrected chi connectivity index (χ2v) is 5.64. The zero-order chi connectivity index (χ0) is 15.0. The maximum Gasteiger partial charge on any atom is 0.119 e. The van der Waals surface area contributed by atoms with Crippen molar-refractivity contribution in [3.05, 3.63) is 29.8 Å². The summed E-state index contributed by atoms with van der Waals surface area (Å²) in [5.41, 5.74) is 6.42. The van der Waals surface area contributed by atoms with Gasteiger partial charge in [-0.15, -0.1) is 0 Å². The Morgan fingerprint density at radius 1 is 1.10 bits per heavy atom. The van der Waals surface area contributed by atoms with Gasteiger partial charge in [-0.25, -0.2) is 0 Å². The van der Waals surface area contributed by atoms with Crippen LogP contribution < -0.4 is 10.5 Å². The van der Waals surface area contributed by atoms with Crippen LogP contribution in [0.3, 0.4) is 0 Å². The lowest BCUT2D eigenvalue weighted by Crippen LogP contribution is -2.27. The predicted octanol–water partition coefficient (Wildman–Crippen LogP) is 1.58. The molecule has 1 rings (SSSR count). The maximum absolute atomic E-state index is 5.70. The summed E-state index contributed by atoms with van der Waals surface area (Å²) in [5, 5.41) is 0. The molecule has 0 saturated carbocycles. The number of rotatable bonds is 9. The summed E-state index contributed by atoms with van der Waals surface area (Å²) in [4.78, 5) is 4.90. The van der Waals surface area contributed by atoms with Crippen molar-refractivity contribution in [2.45, 2.75) is 6.42 Å². The summed E-state index contributed by atoms with van der Waals surface area (Å²) in [6.07, 6.45) is 1.17. The van der Waals surface area contributed by atoms with Gasteiger partial charge in [0.15, 0.2) is 0 Å². The lowest BCUT2D eigenvalue weighted by atomic mass is 10.2. The molecule has 112 valence electrons. The monoisotopic (exact) mass is 295 g/mol. The van der Waals surface area contributed by atoms with Gasteiger partial charge in [-0.05, 0) is 64.9 Å². The molecule has 2 N–H and O–H groups in total. The molecular weight excluding hydrogens is 270 g/mol. The highest BCUT2D eigenvalue weighted by Crippen LogP contribution is 2.12. The molecule has 0 aliphatic heterocycles. The molecule has 5 heteroatoms. The van der Waals surface area contributed by atoms with Crippen LogP contribution in [0.2, 0.25) is 0 Å². The van der Waals surface area contributed by atoms with E-state index in [1.807, 2.05) is 24.3 Å². The Kier molecular flexibility index (Phi) is 7.51. The van der Waals surface area contributed by atoms with Gasteiger partial charge in [0.05, 0.1) is 0 Å². The molecule has 20 heavy (non-hydrogen) atoms. The fourth-order valence-electron chi connectivity index (χ4n) is 1.80. The van der Waals surface area contributed by atoms with Crippen LogP contribution in [-0.4, -0.2) is 62.2 Å². The summed E-state index contributed by atoms with van der Waals surface area (Å²) in [6.45, 7) is 3.81. The summed E-state index contributed by atoms with van der Waals surface area (Å²) in [7, 11) is 6.31. The van der Waals surface area contributed by atoms with Gasteiger partial charge in [0, 0.05) is 12.1 Å². The average Bonchev–Trinajstić information content (AvgIpc) is 2.39. The molecule has 0 aliphatic carbocycles. The molecule has 4 nitrogen and oxygen atoms in total. The van der Waals surface area contributed by atoms with Crippen molar-refractivity contribution in [1.82, 2.24) is 9.80 Å². The molecule has 0 spiro atoms. The Bertz CT molecular complexity index is 406. The van der Waals surface area contributed by atoms with E-state index in [2.05, 4.69) is 30.9 Å². The summed E-state index contributed by atoms with van der Waals surface area (Å²) >= 11 is 4.91. The number of nitrogens with two attached hydrogens (primary N) is 1. The van der Waals surface area contributed by atoms with E-state index in [1.165, 1.54) is 6.42 Å². The van der Waals surface area contributed by atoms with Gasteiger partial charge in [0.2, 0.25) is 0 Å². The lowest BCUT2D eigenvalue weighted by Gasteiger charge is -2.18. The van der Waals surface area contributed by atoms with E-state index in [0.717, 1.165) is 30.9 Å². The molecule has 0 atom stereocenters. The Balaban J connectivity index is 2.21. The third kappa shape index (κ3) is 6.84. The van der Waals surface area contributed by atoms with E-state index in [4.69, 9.17) is 22.7 Å². The summed E-state index contributed by atoms with van der Waals surface area (Å²) in [5.74, 6) is 0.853. The first-order chi connectivity index (χ1) is 9.49. The first-order valence-electron chi connectivity index (χ1n) is 6.85. The Morgan fingerprint density at radius 2 is 1.75 bits per heavy atom. The van der Waals surface area contributed by atoms with Crippen LogP contribution in [-0.2, 0) is 0 Å². The van der Waals surface area contributed by atoms with E-state index < -0.39 is 0 Å². The normalized spacial score (nSPS) is 11.1. The summed E-state index contributed by atoms with van der Waals surface area (Å²) in [6, 6.07) is 7.58. The van der Waals surface area contributed by atoms with Gasteiger partial charge in [-0.2, -0.15) is 0 Å². The van der Waals surface area contributed by atoms with Crippen LogP contribution in [0.1, 0.15) is 12.0 Å². The molecule has 0 bridgehead atoms. The van der Waals surface area contributed by atoms with Crippen molar-refractivity contribution in [2.75, 3.05) is 47.4 Å². The van der Waals surface area contributed by atoms with Crippen LogP contribution in [0.25, 0.3) is 0 Å². The highest BCUT2D eigenvalue weighted by Gasteiger charge is 2.01. The second-order valence-electron chi connectivity index (χ2n) is 5.20.